The molecule has 1 fully saturated rings. The summed E-state index contributed by atoms with van der Waals surface area (Å²) in [7, 11) is 0. The molecular formula is C18H20N2O2S. The lowest BCUT2D eigenvalue weighted by Gasteiger charge is -2.13. The molecule has 5 heteroatoms. The molecule has 2 N–H and O–H groups in total. The predicted molar refractivity (Wildman–Crippen MR) is 94.6 cm³/mol. The Bertz CT molecular complexity index is 642. The second kappa shape index (κ2) is 8.04. The summed E-state index contributed by atoms with van der Waals surface area (Å²) in [5.41, 5.74) is 2.19. The van der Waals surface area contributed by atoms with E-state index in [0.717, 1.165) is 28.5 Å². The van der Waals surface area contributed by atoms with Gasteiger partial charge < -0.3 is 10.1 Å². The number of thioether (sulfide) groups is 1. The standard InChI is InChI=1S/C18H20N2O2S/c21-18(16-12-23-13-20-16)19-10-11-22-17-9-5-4-8-15(17)14-6-2-1-3-7-14/h1-9,16,20H,10-13H2,(H,19,21)/t16-/m1/s1. The van der Waals surface area contributed by atoms with Crippen molar-refractivity contribution < 1.29 is 9.53 Å². The predicted octanol–water partition coefficient (Wildman–Crippen LogP) is 2.51. The molecule has 4 nitrogen and oxygen atoms in total. The van der Waals surface area contributed by atoms with Gasteiger partial charge >= 0.3 is 0 Å². The Kier molecular flexibility index (Phi) is 5.56. The fourth-order valence-corrected chi connectivity index (χ4v) is 3.41. The van der Waals surface area contributed by atoms with E-state index in [0.29, 0.717) is 13.2 Å². The van der Waals surface area contributed by atoms with Crippen molar-refractivity contribution in [3.05, 3.63) is 54.6 Å². The number of nitrogens with one attached hydrogen (secondary N) is 2. The highest BCUT2D eigenvalue weighted by Crippen LogP contribution is 2.29. The summed E-state index contributed by atoms with van der Waals surface area (Å²) in [6.07, 6.45) is 0. The largest absolute Gasteiger partial charge is 0.491 e. The minimum absolute atomic E-state index is 0.0509. The molecule has 0 unspecified atom stereocenters. The van der Waals surface area contributed by atoms with Gasteiger partial charge in [0.15, 0.2) is 0 Å². The lowest BCUT2D eigenvalue weighted by molar-refractivity contribution is -0.122. The molecule has 0 aromatic heterocycles. The summed E-state index contributed by atoms with van der Waals surface area (Å²) in [5, 5.41) is 6.07. The molecule has 1 saturated heterocycles. The average molecular weight is 328 g/mol. The summed E-state index contributed by atoms with van der Waals surface area (Å²) < 4.78 is 5.86. The Hall–Kier alpha value is -1.98. The van der Waals surface area contributed by atoms with E-state index in [9.17, 15) is 4.79 Å². The molecule has 0 aliphatic carbocycles. The number of para-hydroxylation sites is 1. The van der Waals surface area contributed by atoms with Gasteiger partial charge in [0, 0.05) is 17.2 Å². The van der Waals surface area contributed by atoms with Gasteiger partial charge in [0.05, 0.1) is 12.6 Å². The topological polar surface area (TPSA) is 50.4 Å². The molecule has 1 aliphatic heterocycles. The zero-order chi connectivity index (χ0) is 15.9. The van der Waals surface area contributed by atoms with Crippen LogP contribution in [-0.2, 0) is 4.79 Å². The van der Waals surface area contributed by atoms with Gasteiger partial charge in [-0.05, 0) is 11.6 Å². The first-order valence-corrected chi connectivity index (χ1v) is 8.86. The molecule has 0 spiro atoms. The molecule has 1 amide bonds. The smallest absolute Gasteiger partial charge is 0.238 e. The Morgan fingerprint density at radius 1 is 1.17 bits per heavy atom. The van der Waals surface area contributed by atoms with E-state index in [-0.39, 0.29) is 11.9 Å². The van der Waals surface area contributed by atoms with Gasteiger partial charge in [-0.25, -0.2) is 0 Å². The number of carbonyl (C=O) groups excluding carboxylic acids is 1. The van der Waals surface area contributed by atoms with Gasteiger partial charge in [-0.2, -0.15) is 0 Å². The van der Waals surface area contributed by atoms with E-state index in [1.807, 2.05) is 42.5 Å². The molecule has 3 rings (SSSR count). The lowest BCUT2D eigenvalue weighted by atomic mass is 10.1. The van der Waals surface area contributed by atoms with Crippen LogP contribution in [0.5, 0.6) is 5.75 Å². The number of carbonyl (C=O) groups is 1. The Morgan fingerprint density at radius 3 is 2.74 bits per heavy atom. The fraction of sp³-hybridized carbons (Fsp3) is 0.278. The molecule has 1 heterocycles. The minimum atomic E-state index is -0.0726. The summed E-state index contributed by atoms with van der Waals surface area (Å²) >= 11 is 1.74. The van der Waals surface area contributed by atoms with E-state index >= 15 is 0 Å². The van der Waals surface area contributed by atoms with Crippen molar-refractivity contribution in [2.24, 2.45) is 0 Å². The highest BCUT2D eigenvalue weighted by Gasteiger charge is 2.21. The van der Waals surface area contributed by atoms with Gasteiger partial charge in [-0.3, -0.25) is 10.1 Å². The third-order valence-electron chi connectivity index (χ3n) is 3.66. The minimum Gasteiger partial charge on any atom is -0.491 e. The Morgan fingerprint density at radius 2 is 1.96 bits per heavy atom. The second-order valence-electron chi connectivity index (χ2n) is 5.27. The number of amides is 1. The van der Waals surface area contributed by atoms with Gasteiger partial charge in [-0.15, -0.1) is 11.8 Å². The highest BCUT2D eigenvalue weighted by molar-refractivity contribution is 7.99. The van der Waals surface area contributed by atoms with Crippen molar-refractivity contribution in [2.45, 2.75) is 6.04 Å². The summed E-state index contributed by atoms with van der Waals surface area (Å²) in [4.78, 5) is 11.9. The third kappa shape index (κ3) is 4.27. The average Bonchev–Trinajstić information content (AvgIpc) is 3.14. The van der Waals surface area contributed by atoms with Crippen LogP contribution in [0.15, 0.2) is 54.6 Å². The van der Waals surface area contributed by atoms with Crippen molar-refractivity contribution >= 4 is 17.7 Å². The summed E-state index contributed by atoms with van der Waals surface area (Å²) in [6.45, 7) is 0.959. The van der Waals surface area contributed by atoms with Crippen LogP contribution in [0.2, 0.25) is 0 Å². The van der Waals surface area contributed by atoms with Crippen LogP contribution < -0.4 is 15.4 Å². The van der Waals surface area contributed by atoms with Gasteiger partial charge in [0.25, 0.3) is 0 Å². The third-order valence-corrected chi connectivity index (χ3v) is 4.60. The molecule has 0 radical (unpaired) electrons. The van der Waals surface area contributed by atoms with Crippen LogP contribution in [0.3, 0.4) is 0 Å². The van der Waals surface area contributed by atoms with Gasteiger partial charge in [-0.1, -0.05) is 48.5 Å². The van der Waals surface area contributed by atoms with E-state index in [1.165, 1.54) is 0 Å². The first-order chi connectivity index (χ1) is 11.3. The Labute approximate surface area is 140 Å². The van der Waals surface area contributed by atoms with Crippen molar-refractivity contribution in [2.75, 3.05) is 24.8 Å². The zero-order valence-electron chi connectivity index (χ0n) is 12.8. The van der Waals surface area contributed by atoms with Gasteiger partial charge in [0.1, 0.15) is 12.4 Å². The van der Waals surface area contributed by atoms with Crippen molar-refractivity contribution in [1.29, 1.82) is 0 Å². The van der Waals surface area contributed by atoms with E-state index < -0.39 is 0 Å². The van der Waals surface area contributed by atoms with Crippen molar-refractivity contribution in [3.63, 3.8) is 0 Å². The highest BCUT2D eigenvalue weighted by atomic mass is 32.2. The quantitative estimate of drug-likeness (QED) is 0.800. The molecular weight excluding hydrogens is 308 g/mol. The molecule has 0 bridgehead atoms. The first-order valence-electron chi connectivity index (χ1n) is 7.71. The van der Waals surface area contributed by atoms with E-state index in [2.05, 4.69) is 22.8 Å². The monoisotopic (exact) mass is 328 g/mol. The SMILES string of the molecule is O=C(NCCOc1ccccc1-c1ccccc1)[C@H]1CSCN1. The summed E-state index contributed by atoms with van der Waals surface area (Å²) in [6, 6.07) is 18.0. The molecule has 1 aliphatic rings. The number of hydrogen-bond acceptors (Lipinski definition) is 4. The van der Waals surface area contributed by atoms with Crippen molar-refractivity contribution in [1.82, 2.24) is 10.6 Å². The molecule has 2 aromatic carbocycles. The maximum absolute atomic E-state index is 11.9. The number of rotatable bonds is 6. The maximum Gasteiger partial charge on any atom is 0.238 e. The maximum atomic E-state index is 11.9. The fourth-order valence-electron chi connectivity index (χ4n) is 2.47. The molecule has 2 aromatic rings. The molecule has 0 saturated carbocycles. The van der Waals surface area contributed by atoms with Crippen LogP contribution in [0.4, 0.5) is 0 Å². The number of hydrogen-bond donors (Lipinski definition) is 2. The number of benzene rings is 2. The second-order valence-corrected chi connectivity index (χ2v) is 6.30. The Balaban J connectivity index is 1.53. The van der Waals surface area contributed by atoms with Crippen LogP contribution in [0.25, 0.3) is 11.1 Å². The molecule has 1 atom stereocenters. The van der Waals surface area contributed by atoms with Crippen LogP contribution in [0.1, 0.15) is 0 Å². The number of ether oxygens (including phenoxy) is 1. The van der Waals surface area contributed by atoms with Crippen LogP contribution >= 0.6 is 11.8 Å². The van der Waals surface area contributed by atoms with E-state index in [4.69, 9.17) is 4.74 Å². The normalized spacial score (nSPS) is 17.0. The molecule has 120 valence electrons. The lowest BCUT2D eigenvalue weighted by Crippen LogP contribution is -2.43. The molecule has 23 heavy (non-hydrogen) atoms. The van der Waals surface area contributed by atoms with Crippen LogP contribution in [-0.4, -0.2) is 36.7 Å². The van der Waals surface area contributed by atoms with Crippen molar-refractivity contribution in [3.8, 4) is 16.9 Å². The van der Waals surface area contributed by atoms with E-state index in [1.54, 1.807) is 11.8 Å². The summed E-state index contributed by atoms with van der Waals surface area (Å²) in [5.74, 6) is 2.57. The van der Waals surface area contributed by atoms with Gasteiger partial charge in [0.2, 0.25) is 5.91 Å². The zero-order valence-corrected chi connectivity index (χ0v) is 13.6. The van der Waals surface area contributed by atoms with Crippen LogP contribution in [0, 0.1) is 0 Å². The first kappa shape index (κ1) is 15.9.